The third kappa shape index (κ3) is 3.55. The summed E-state index contributed by atoms with van der Waals surface area (Å²) < 4.78 is 17.6. The molecule has 0 amide bonds. The van der Waals surface area contributed by atoms with Crippen molar-refractivity contribution < 1.29 is 28.6 Å². The fraction of sp³-hybridized carbons (Fsp3) is 0.250. The van der Waals surface area contributed by atoms with E-state index >= 15 is 0 Å². The third-order valence-electron chi connectivity index (χ3n) is 6.59. The van der Waals surface area contributed by atoms with Crippen LogP contribution in [0, 0.1) is 0 Å². The van der Waals surface area contributed by atoms with Gasteiger partial charge >= 0.3 is 11.9 Å². The average molecular weight is 456 g/mol. The van der Waals surface area contributed by atoms with Gasteiger partial charge in [-0.1, -0.05) is 67.6 Å². The Bertz CT molecular complexity index is 1300. The van der Waals surface area contributed by atoms with Crippen LogP contribution in [0.1, 0.15) is 66.1 Å². The van der Waals surface area contributed by atoms with Gasteiger partial charge in [-0.05, 0) is 24.0 Å². The van der Waals surface area contributed by atoms with Crippen LogP contribution in [0.2, 0.25) is 0 Å². The van der Waals surface area contributed by atoms with Gasteiger partial charge in [-0.3, -0.25) is 14.4 Å². The number of ketones is 1. The molecule has 0 radical (unpaired) electrons. The number of fused-ring (bicyclic) bond motifs is 3. The molecule has 6 nitrogen and oxygen atoms in total. The van der Waals surface area contributed by atoms with Crippen molar-refractivity contribution in [2.75, 3.05) is 0 Å². The van der Waals surface area contributed by atoms with Crippen molar-refractivity contribution >= 4 is 17.7 Å². The van der Waals surface area contributed by atoms with E-state index in [2.05, 4.69) is 0 Å². The summed E-state index contributed by atoms with van der Waals surface area (Å²) in [6, 6.07) is 20.6. The highest BCUT2D eigenvalue weighted by molar-refractivity contribution is 6.06. The van der Waals surface area contributed by atoms with E-state index < -0.39 is 23.5 Å². The van der Waals surface area contributed by atoms with Gasteiger partial charge in [0.05, 0.1) is 17.9 Å². The normalized spacial score (nSPS) is 21.7. The lowest BCUT2D eigenvalue weighted by Gasteiger charge is -2.37. The number of esters is 2. The number of Topliss-reactive ketones (excluding diaryl/α,β-unsaturated/α-hetero) is 1. The first-order valence-corrected chi connectivity index (χ1v) is 11.2. The topological polar surface area (TPSA) is 78.9 Å². The monoisotopic (exact) mass is 456 g/mol. The van der Waals surface area contributed by atoms with Crippen LogP contribution in [-0.4, -0.2) is 17.7 Å². The molecule has 2 heterocycles. The Morgan fingerprint density at radius 3 is 2.35 bits per heavy atom. The van der Waals surface area contributed by atoms with Crippen LogP contribution in [0.3, 0.4) is 0 Å². The first-order chi connectivity index (χ1) is 16.3. The molecule has 0 fully saturated rings. The first-order valence-electron chi connectivity index (χ1n) is 11.2. The molecular formula is C28H24O6. The Kier molecular flexibility index (Phi) is 5.24. The second-order valence-corrected chi connectivity index (χ2v) is 8.98. The Hall–Kier alpha value is -3.93. The molecule has 0 bridgehead atoms. The smallest absolute Gasteiger partial charge is 0.319 e. The number of hydrogen-bond acceptors (Lipinski definition) is 6. The summed E-state index contributed by atoms with van der Waals surface area (Å²) in [6.45, 7) is 5.05. The minimum atomic E-state index is -0.958. The second kappa shape index (κ2) is 8.13. The van der Waals surface area contributed by atoms with E-state index in [4.69, 9.17) is 14.2 Å². The van der Waals surface area contributed by atoms with E-state index in [0.717, 1.165) is 11.1 Å². The molecule has 3 atom stereocenters. The van der Waals surface area contributed by atoms with Gasteiger partial charge in [-0.15, -0.1) is 0 Å². The van der Waals surface area contributed by atoms with Crippen molar-refractivity contribution in [3.63, 3.8) is 0 Å². The van der Waals surface area contributed by atoms with E-state index in [1.807, 2.05) is 74.5 Å². The molecule has 3 aromatic carbocycles. The van der Waals surface area contributed by atoms with Crippen LogP contribution < -0.4 is 14.2 Å². The zero-order valence-corrected chi connectivity index (χ0v) is 19.2. The molecule has 3 aromatic rings. The highest BCUT2D eigenvalue weighted by atomic mass is 16.6. The zero-order chi connectivity index (χ0) is 24.0. The molecule has 0 N–H and O–H groups in total. The summed E-state index contributed by atoms with van der Waals surface area (Å²) >= 11 is 0. The lowest BCUT2D eigenvalue weighted by Crippen LogP contribution is -2.37. The van der Waals surface area contributed by atoms with Crippen molar-refractivity contribution in [1.29, 1.82) is 0 Å². The lowest BCUT2D eigenvalue weighted by atomic mass is 9.79. The standard InChI is InChI=1S/C28H24O6/c1-16(18-10-6-4-7-11-18)23-25-22(33-27(23)31)14-21(32-17(2)29)24-20(30)15-28(3,34-26(24)25)19-12-8-5-9-13-19/h4-14,16,23H,15H2,1-3H3. The fourth-order valence-corrected chi connectivity index (χ4v) is 4.91. The predicted molar refractivity (Wildman–Crippen MR) is 124 cm³/mol. The van der Waals surface area contributed by atoms with Crippen LogP contribution in [0.15, 0.2) is 66.7 Å². The van der Waals surface area contributed by atoms with Crippen LogP contribution in [0.25, 0.3) is 0 Å². The SMILES string of the molecule is CC(=O)Oc1cc2c(c3c1C(=O)CC(C)(c1ccccc1)O3)C(C(C)c1ccccc1)C(=O)O2. The van der Waals surface area contributed by atoms with Gasteiger partial charge in [0.15, 0.2) is 5.78 Å². The Morgan fingerprint density at radius 2 is 1.71 bits per heavy atom. The van der Waals surface area contributed by atoms with E-state index in [1.165, 1.54) is 13.0 Å². The van der Waals surface area contributed by atoms with Gasteiger partial charge in [-0.25, -0.2) is 0 Å². The minimum Gasteiger partial charge on any atom is -0.481 e. The van der Waals surface area contributed by atoms with Crippen LogP contribution in [0.4, 0.5) is 0 Å². The summed E-state index contributed by atoms with van der Waals surface area (Å²) in [4.78, 5) is 38.4. The number of benzene rings is 3. The van der Waals surface area contributed by atoms with Crippen LogP contribution in [-0.2, 0) is 15.2 Å². The molecule has 0 aliphatic carbocycles. The number of ether oxygens (including phenoxy) is 3. The van der Waals surface area contributed by atoms with Crippen molar-refractivity contribution in [3.05, 3.63) is 89.0 Å². The van der Waals surface area contributed by atoms with Gasteiger partial charge in [0.1, 0.15) is 28.4 Å². The summed E-state index contributed by atoms with van der Waals surface area (Å²) in [5, 5.41) is 0. The van der Waals surface area contributed by atoms with Crippen molar-refractivity contribution in [3.8, 4) is 17.2 Å². The van der Waals surface area contributed by atoms with E-state index in [0.29, 0.717) is 5.56 Å². The zero-order valence-electron chi connectivity index (χ0n) is 19.2. The molecule has 0 spiro atoms. The van der Waals surface area contributed by atoms with E-state index in [-0.39, 0.29) is 40.9 Å². The van der Waals surface area contributed by atoms with Crippen LogP contribution in [0.5, 0.6) is 17.2 Å². The number of carbonyl (C=O) groups excluding carboxylic acids is 3. The Labute approximate surface area is 197 Å². The third-order valence-corrected chi connectivity index (χ3v) is 6.59. The maximum atomic E-state index is 13.5. The highest BCUT2D eigenvalue weighted by Gasteiger charge is 2.48. The Balaban J connectivity index is 1.71. The van der Waals surface area contributed by atoms with Crippen molar-refractivity contribution in [2.45, 2.75) is 44.6 Å². The molecule has 34 heavy (non-hydrogen) atoms. The molecule has 5 rings (SSSR count). The molecule has 3 unspecified atom stereocenters. The van der Waals surface area contributed by atoms with Gasteiger partial charge in [0.2, 0.25) is 0 Å². The van der Waals surface area contributed by atoms with Gasteiger partial charge in [0.25, 0.3) is 0 Å². The maximum absolute atomic E-state index is 13.5. The number of carbonyl (C=O) groups is 3. The molecule has 172 valence electrons. The summed E-state index contributed by atoms with van der Waals surface area (Å²) in [6.07, 6.45) is 0.0603. The molecule has 0 aromatic heterocycles. The minimum absolute atomic E-state index is 0.0437. The average Bonchev–Trinajstić information content (AvgIpc) is 3.14. The lowest BCUT2D eigenvalue weighted by molar-refractivity contribution is -0.134. The summed E-state index contributed by atoms with van der Waals surface area (Å²) in [5.41, 5.74) is 1.52. The maximum Gasteiger partial charge on any atom is 0.319 e. The van der Waals surface area contributed by atoms with Gasteiger partial charge in [0, 0.05) is 13.0 Å². The summed E-state index contributed by atoms with van der Waals surface area (Å²) in [7, 11) is 0. The predicted octanol–water partition coefficient (Wildman–Crippen LogP) is 5.30. The largest absolute Gasteiger partial charge is 0.481 e. The molecule has 6 heteroatoms. The second-order valence-electron chi connectivity index (χ2n) is 8.98. The molecule has 0 saturated carbocycles. The van der Waals surface area contributed by atoms with E-state index in [1.54, 1.807) is 0 Å². The number of hydrogen-bond donors (Lipinski definition) is 0. The highest BCUT2D eigenvalue weighted by Crippen LogP contribution is 2.55. The van der Waals surface area contributed by atoms with E-state index in [9.17, 15) is 14.4 Å². The summed E-state index contributed by atoms with van der Waals surface area (Å²) in [5.74, 6) is -1.61. The van der Waals surface area contributed by atoms with Gasteiger partial charge < -0.3 is 14.2 Å². The molecule has 2 aliphatic heterocycles. The molecule has 0 saturated heterocycles. The quantitative estimate of drug-likeness (QED) is 0.392. The number of rotatable bonds is 4. The van der Waals surface area contributed by atoms with Crippen molar-refractivity contribution in [1.82, 2.24) is 0 Å². The molecule has 2 aliphatic rings. The Morgan fingerprint density at radius 1 is 1.06 bits per heavy atom. The van der Waals surface area contributed by atoms with Crippen molar-refractivity contribution in [2.24, 2.45) is 0 Å². The molecular weight excluding hydrogens is 432 g/mol. The fourth-order valence-electron chi connectivity index (χ4n) is 4.91. The van der Waals surface area contributed by atoms with Gasteiger partial charge in [-0.2, -0.15) is 0 Å². The van der Waals surface area contributed by atoms with Crippen LogP contribution >= 0.6 is 0 Å². The first kappa shape index (κ1) is 21.9.